The van der Waals surface area contributed by atoms with Gasteiger partial charge in [-0.05, 0) is 53.1 Å². The molecule has 0 unspecified atom stereocenters. The third-order valence-electron chi connectivity index (χ3n) is 5.53. The van der Waals surface area contributed by atoms with Crippen molar-refractivity contribution in [1.29, 1.82) is 0 Å². The molecule has 0 spiro atoms. The first-order valence-electron chi connectivity index (χ1n) is 9.76. The van der Waals surface area contributed by atoms with Crippen molar-refractivity contribution in [3.8, 4) is 0 Å². The maximum atomic E-state index is 15.1. The van der Waals surface area contributed by atoms with Gasteiger partial charge in [-0.25, -0.2) is 23.6 Å². The third-order valence-corrected chi connectivity index (χ3v) is 5.53. The summed E-state index contributed by atoms with van der Waals surface area (Å²) >= 11 is 0. The van der Waals surface area contributed by atoms with Crippen LogP contribution in [0.3, 0.4) is 0 Å². The maximum absolute atomic E-state index is 15.1. The van der Waals surface area contributed by atoms with Gasteiger partial charge in [-0.1, -0.05) is 24.3 Å². The summed E-state index contributed by atoms with van der Waals surface area (Å²) in [7, 11) is 0. The van der Waals surface area contributed by atoms with Crippen LogP contribution in [0, 0.1) is 5.82 Å². The predicted octanol–water partition coefficient (Wildman–Crippen LogP) is 4.52. The van der Waals surface area contributed by atoms with Gasteiger partial charge in [-0.15, -0.1) is 0 Å². The molecule has 186 valence electrons. The van der Waals surface area contributed by atoms with Crippen LogP contribution in [0.15, 0.2) is 60.7 Å². The number of aromatic carboxylic acids is 4. The first kappa shape index (κ1) is 25.9. The van der Waals surface area contributed by atoms with Crippen molar-refractivity contribution in [2.24, 2.45) is 0 Å². The van der Waals surface area contributed by atoms with Crippen molar-refractivity contribution in [2.75, 3.05) is 0 Å². The molecule has 0 bridgehead atoms. The Morgan fingerprint density at radius 3 is 1.17 bits per heavy atom. The van der Waals surface area contributed by atoms with Crippen LogP contribution in [-0.2, 0) is 5.41 Å². The van der Waals surface area contributed by atoms with Crippen LogP contribution in [0.4, 0.5) is 17.6 Å². The van der Waals surface area contributed by atoms with Gasteiger partial charge in [0, 0.05) is 0 Å². The van der Waals surface area contributed by atoms with Crippen molar-refractivity contribution in [2.45, 2.75) is 11.6 Å². The quantitative estimate of drug-likeness (QED) is 0.270. The molecule has 0 radical (unpaired) electrons. The Bertz CT molecular complexity index is 1320. The second-order valence-corrected chi connectivity index (χ2v) is 7.50. The minimum Gasteiger partial charge on any atom is -0.478 e. The molecule has 0 aliphatic rings. The number of benzene rings is 3. The summed E-state index contributed by atoms with van der Waals surface area (Å²) in [5.41, 5.74) is -9.29. The zero-order valence-electron chi connectivity index (χ0n) is 17.7. The second-order valence-electron chi connectivity index (χ2n) is 7.50. The van der Waals surface area contributed by atoms with E-state index in [1.807, 2.05) is 0 Å². The lowest BCUT2D eigenvalue weighted by molar-refractivity contribution is -0.166. The normalized spacial score (nSPS) is 11.7. The molecule has 0 amide bonds. The molecule has 3 rings (SSSR count). The highest BCUT2D eigenvalue weighted by Crippen LogP contribution is 2.51. The fourth-order valence-electron chi connectivity index (χ4n) is 3.97. The van der Waals surface area contributed by atoms with Gasteiger partial charge in [-0.2, -0.15) is 13.2 Å². The zero-order chi connectivity index (χ0) is 27.0. The number of alkyl halides is 3. The summed E-state index contributed by atoms with van der Waals surface area (Å²) in [6.07, 6.45) is -5.36. The number of rotatable bonds is 7. The van der Waals surface area contributed by atoms with Crippen LogP contribution in [-0.4, -0.2) is 50.5 Å². The van der Waals surface area contributed by atoms with Crippen molar-refractivity contribution in [3.63, 3.8) is 0 Å². The average molecular weight is 506 g/mol. The highest BCUT2D eigenvalue weighted by molar-refractivity contribution is 6.03. The molecule has 0 heterocycles. The zero-order valence-corrected chi connectivity index (χ0v) is 17.7. The third kappa shape index (κ3) is 4.24. The van der Waals surface area contributed by atoms with E-state index in [-0.39, 0.29) is 0 Å². The van der Waals surface area contributed by atoms with Gasteiger partial charge in [0.25, 0.3) is 0 Å². The molecule has 0 atom stereocenters. The van der Waals surface area contributed by atoms with Crippen LogP contribution >= 0.6 is 0 Å². The van der Waals surface area contributed by atoms with Gasteiger partial charge >= 0.3 is 30.1 Å². The molecule has 0 aromatic heterocycles. The van der Waals surface area contributed by atoms with E-state index in [0.29, 0.717) is 48.5 Å². The molecule has 0 aliphatic carbocycles. The molecule has 36 heavy (non-hydrogen) atoms. The van der Waals surface area contributed by atoms with E-state index in [9.17, 15) is 44.0 Å². The van der Waals surface area contributed by atoms with E-state index in [1.165, 1.54) is 0 Å². The summed E-state index contributed by atoms with van der Waals surface area (Å²) in [6.45, 7) is 0. The van der Waals surface area contributed by atoms with E-state index in [0.717, 1.165) is 12.1 Å². The lowest BCUT2D eigenvalue weighted by Crippen LogP contribution is -2.45. The van der Waals surface area contributed by atoms with Gasteiger partial charge < -0.3 is 20.4 Å². The van der Waals surface area contributed by atoms with Crippen molar-refractivity contribution >= 4 is 23.9 Å². The molecule has 12 heteroatoms. The summed E-state index contributed by atoms with van der Waals surface area (Å²) in [5.74, 6) is -8.06. The fourth-order valence-corrected chi connectivity index (χ4v) is 3.97. The molecule has 0 fully saturated rings. The molecular formula is C24H14F4O8. The smallest absolute Gasteiger partial charge is 0.406 e. The Kier molecular flexibility index (Phi) is 6.56. The topological polar surface area (TPSA) is 149 Å². The first-order chi connectivity index (χ1) is 16.7. The summed E-state index contributed by atoms with van der Waals surface area (Å²) in [6, 6.07) is 6.56. The molecule has 3 aromatic rings. The molecule has 0 aliphatic heterocycles. The highest BCUT2D eigenvalue weighted by Gasteiger charge is 2.58. The lowest BCUT2D eigenvalue weighted by atomic mass is 9.67. The Labute approximate surface area is 198 Å². The van der Waals surface area contributed by atoms with E-state index < -0.39 is 80.2 Å². The van der Waals surface area contributed by atoms with Gasteiger partial charge in [0.1, 0.15) is 11.2 Å². The molecule has 0 saturated carbocycles. The van der Waals surface area contributed by atoms with Gasteiger partial charge in [0.15, 0.2) is 0 Å². The number of halogens is 4. The number of hydrogen-bond acceptors (Lipinski definition) is 4. The van der Waals surface area contributed by atoms with Gasteiger partial charge in [0.05, 0.1) is 22.3 Å². The molecule has 3 aromatic carbocycles. The van der Waals surface area contributed by atoms with Gasteiger partial charge in [0.2, 0.25) is 0 Å². The van der Waals surface area contributed by atoms with Crippen LogP contribution in [0.2, 0.25) is 0 Å². The van der Waals surface area contributed by atoms with E-state index in [2.05, 4.69) is 0 Å². The molecular weight excluding hydrogens is 492 g/mol. The minimum absolute atomic E-state index is 0.480. The first-order valence-corrected chi connectivity index (χ1v) is 9.76. The summed E-state index contributed by atoms with van der Waals surface area (Å²) in [5, 5.41) is 37.5. The fraction of sp³-hybridized carbons (Fsp3) is 0.0833. The van der Waals surface area contributed by atoms with Crippen LogP contribution in [0.1, 0.15) is 58.1 Å². The van der Waals surface area contributed by atoms with E-state index >= 15 is 13.2 Å². The molecule has 0 saturated heterocycles. The monoisotopic (exact) mass is 506 g/mol. The molecule has 4 N–H and O–H groups in total. The number of hydrogen-bond donors (Lipinski definition) is 4. The lowest BCUT2D eigenvalue weighted by Gasteiger charge is -2.38. The Hall–Kier alpha value is -4.74. The van der Waals surface area contributed by atoms with E-state index in [4.69, 9.17) is 0 Å². The Morgan fingerprint density at radius 1 is 0.528 bits per heavy atom. The SMILES string of the molecule is O=C(O)c1ccc(C(c2ccc(F)cc2)(c2ccc(C(=O)O)c(C(=O)O)c2)C(F)(F)F)cc1C(=O)O. The van der Waals surface area contributed by atoms with Gasteiger partial charge in [-0.3, -0.25) is 0 Å². The van der Waals surface area contributed by atoms with Crippen LogP contribution in [0.25, 0.3) is 0 Å². The number of carboxylic acids is 4. The Morgan fingerprint density at radius 2 is 0.861 bits per heavy atom. The standard InChI is InChI=1S/C24H14F4O8/c25-14-5-1-11(2-6-14)23(24(26,27)28,12-3-7-15(19(29)30)17(9-12)21(33)34)13-4-8-16(20(31)32)18(10-13)22(35)36/h1-10H,(H,29,30)(H,31,32)(H,33,34)(H,35,36). The predicted molar refractivity (Wildman–Crippen MR) is 113 cm³/mol. The summed E-state index contributed by atoms with van der Waals surface area (Å²) < 4.78 is 58.9. The largest absolute Gasteiger partial charge is 0.478 e. The number of carboxylic acid groups (broad SMARTS) is 4. The highest BCUT2D eigenvalue weighted by atomic mass is 19.4. The van der Waals surface area contributed by atoms with Crippen LogP contribution in [0.5, 0.6) is 0 Å². The minimum atomic E-state index is -5.36. The Balaban J connectivity index is 2.56. The summed E-state index contributed by atoms with van der Waals surface area (Å²) in [4.78, 5) is 46.3. The second kappa shape index (κ2) is 9.13. The maximum Gasteiger partial charge on any atom is 0.406 e. The van der Waals surface area contributed by atoms with Crippen molar-refractivity contribution in [1.82, 2.24) is 0 Å². The van der Waals surface area contributed by atoms with Crippen molar-refractivity contribution in [3.05, 3.63) is 105 Å². The van der Waals surface area contributed by atoms with E-state index in [1.54, 1.807) is 0 Å². The molecule has 8 nitrogen and oxygen atoms in total. The number of carbonyl (C=O) groups is 4. The van der Waals surface area contributed by atoms with Crippen LogP contribution < -0.4 is 0 Å². The average Bonchev–Trinajstić information content (AvgIpc) is 2.79. The van der Waals surface area contributed by atoms with Crippen molar-refractivity contribution < 1.29 is 57.2 Å².